The predicted octanol–water partition coefficient (Wildman–Crippen LogP) is 2.20. The maximum atomic E-state index is 3.42. The highest BCUT2D eigenvalue weighted by Crippen LogP contribution is 2.27. The third kappa shape index (κ3) is 2.28. The van der Waals surface area contributed by atoms with Gasteiger partial charge in [-0.15, -0.1) is 0 Å². The van der Waals surface area contributed by atoms with Crippen LogP contribution in [-0.2, 0) is 13.6 Å². The van der Waals surface area contributed by atoms with Crippen molar-refractivity contribution in [1.82, 2.24) is 14.8 Å². The first-order chi connectivity index (χ1) is 9.16. The predicted molar refractivity (Wildman–Crippen MR) is 80.5 cm³/mol. The van der Waals surface area contributed by atoms with Crippen molar-refractivity contribution in [3.8, 4) is 0 Å². The minimum absolute atomic E-state index is 1.08. The molecule has 0 spiro atoms. The molecule has 2 heterocycles. The highest BCUT2D eigenvalue weighted by atomic mass is 15.2. The molecule has 1 aliphatic heterocycles. The van der Waals surface area contributed by atoms with Crippen LogP contribution in [0.2, 0.25) is 0 Å². The Hall–Kier alpha value is -1.32. The second-order valence-electron chi connectivity index (χ2n) is 5.67. The topological polar surface area (TPSA) is 20.2 Å². The molecular weight excluding hydrogens is 234 g/mol. The number of fused-ring (bicyclic) bond motifs is 1. The van der Waals surface area contributed by atoms with Gasteiger partial charge < -0.3 is 9.88 Å². The molecular formula is C16H23N3. The molecule has 102 valence electrons. The molecule has 0 atom stereocenters. The minimum atomic E-state index is 1.08. The lowest BCUT2D eigenvalue weighted by molar-refractivity contribution is 0.233. The highest BCUT2D eigenvalue weighted by molar-refractivity contribution is 5.86. The summed E-state index contributed by atoms with van der Waals surface area (Å²) in [5.41, 5.74) is 5.60. The molecule has 1 N–H and O–H groups in total. The Kier molecular flexibility index (Phi) is 3.33. The molecule has 0 saturated carbocycles. The molecule has 19 heavy (non-hydrogen) atoms. The van der Waals surface area contributed by atoms with E-state index in [0.717, 1.165) is 32.7 Å². The summed E-state index contributed by atoms with van der Waals surface area (Å²) in [6.07, 6.45) is 0. The van der Waals surface area contributed by atoms with Crippen LogP contribution in [0.5, 0.6) is 0 Å². The molecule has 1 aromatic carbocycles. The van der Waals surface area contributed by atoms with Crippen molar-refractivity contribution in [1.29, 1.82) is 0 Å². The molecule has 3 heteroatoms. The third-order valence-electron chi connectivity index (χ3n) is 4.37. The number of hydrogen-bond donors (Lipinski definition) is 1. The molecule has 1 fully saturated rings. The molecule has 3 rings (SSSR count). The Morgan fingerprint density at radius 3 is 2.63 bits per heavy atom. The summed E-state index contributed by atoms with van der Waals surface area (Å²) in [6, 6.07) is 6.81. The Balaban J connectivity index is 2.00. The summed E-state index contributed by atoms with van der Waals surface area (Å²) >= 11 is 0. The van der Waals surface area contributed by atoms with Crippen LogP contribution in [0.3, 0.4) is 0 Å². The zero-order valence-corrected chi connectivity index (χ0v) is 12.2. The molecule has 1 saturated heterocycles. The normalized spacial score (nSPS) is 17.2. The smallest absolute Gasteiger partial charge is 0.0485 e. The summed E-state index contributed by atoms with van der Waals surface area (Å²) in [6.45, 7) is 10.0. The number of aromatic nitrogens is 1. The van der Waals surface area contributed by atoms with E-state index in [0.29, 0.717) is 0 Å². The number of piperazine rings is 1. The van der Waals surface area contributed by atoms with Gasteiger partial charge in [-0.3, -0.25) is 4.90 Å². The first kappa shape index (κ1) is 12.7. The average Bonchev–Trinajstić information content (AvgIpc) is 2.65. The number of aryl methyl sites for hydroxylation is 2. The summed E-state index contributed by atoms with van der Waals surface area (Å²) in [4.78, 5) is 2.55. The largest absolute Gasteiger partial charge is 0.348 e. The van der Waals surface area contributed by atoms with Gasteiger partial charge in [0.25, 0.3) is 0 Å². The lowest BCUT2D eigenvalue weighted by Crippen LogP contribution is -2.42. The molecule has 3 nitrogen and oxygen atoms in total. The van der Waals surface area contributed by atoms with Gasteiger partial charge >= 0.3 is 0 Å². The Morgan fingerprint density at radius 1 is 1.16 bits per heavy atom. The fourth-order valence-corrected chi connectivity index (χ4v) is 3.04. The summed E-state index contributed by atoms with van der Waals surface area (Å²) in [5.74, 6) is 0. The van der Waals surface area contributed by atoms with Crippen molar-refractivity contribution in [2.45, 2.75) is 20.4 Å². The molecule has 2 aromatic rings. The molecule has 0 aliphatic carbocycles. The van der Waals surface area contributed by atoms with Crippen LogP contribution < -0.4 is 5.32 Å². The lowest BCUT2D eigenvalue weighted by Gasteiger charge is -2.27. The van der Waals surface area contributed by atoms with Gasteiger partial charge in [0.1, 0.15) is 0 Å². The monoisotopic (exact) mass is 257 g/mol. The van der Waals surface area contributed by atoms with E-state index in [4.69, 9.17) is 0 Å². The van der Waals surface area contributed by atoms with Crippen LogP contribution in [0.4, 0.5) is 0 Å². The van der Waals surface area contributed by atoms with Gasteiger partial charge in [0.15, 0.2) is 0 Å². The molecule has 1 aliphatic rings. The average molecular weight is 257 g/mol. The van der Waals surface area contributed by atoms with Crippen molar-refractivity contribution in [2.24, 2.45) is 7.05 Å². The Bertz CT molecular complexity index is 592. The van der Waals surface area contributed by atoms with Crippen LogP contribution in [0.15, 0.2) is 18.2 Å². The van der Waals surface area contributed by atoms with E-state index >= 15 is 0 Å². The second-order valence-corrected chi connectivity index (χ2v) is 5.67. The van der Waals surface area contributed by atoms with E-state index in [9.17, 15) is 0 Å². The summed E-state index contributed by atoms with van der Waals surface area (Å²) in [7, 11) is 2.18. The van der Waals surface area contributed by atoms with Gasteiger partial charge in [0.05, 0.1) is 0 Å². The highest BCUT2D eigenvalue weighted by Gasteiger charge is 2.16. The van der Waals surface area contributed by atoms with Crippen molar-refractivity contribution in [2.75, 3.05) is 26.2 Å². The summed E-state index contributed by atoms with van der Waals surface area (Å²) < 4.78 is 2.33. The Morgan fingerprint density at radius 2 is 1.89 bits per heavy atom. The van der Waals surface area contributed by atoms with E-state index < -0.39 is 0 Å². The van der Waals surface area contributed by atoms with E-state index in [1.165, 1.54) is 27.7 Å². The van der Waals surface area contributed by atoms with Gasteiger partial charge in [-0.25, -0.2) is 0 Å². The minimum Gasteiger partial charge on any atom is -0.348 e. The van der Waals surface area contributed by atoms with Crippen molar-refractivity contribution in [3.63, 3.8) is 0 Å². The van der Waals surface area contributed by atoms with E-state index in [-0.39, 0.29) is 0 Å². The molecule has 0 radical (unpaired) electrons. The number of nitrogens with zero attached hydrogens (tertiary/aromatic N) is 2. The van der Waals surface area contributed by atoms with E-state index in [2.05, 4.69) is 53.9 Å². The number of hydrogen-bond acceptors (Lipinski definition) is 2. The van der Waals surface area contributed by atoms with E-state index in [1.807, 2.05) is 0 Å². The second kappa shape index (κ2) is 4.99. The van der Waals surface area contributed by atoms with Crippen LogP contribution in [0.1, 0.15) is 16.8 Å². The lowest BCUT2D eigenvalue weighted by atomic mass is 10.1. The van der Waals surface area contributed by atoms with Crippen LogP contribution in [0.25, 0.3) is 10.9 Å². The third-order valence-corrected chi connectivity index (χ3v) is 4.37. The maximum Gasteiger partial charge on any atom is 0.0485 e. The maximum absolute atomic E-state index is 3.42. The fourth-order valence-electron chi connectivity index (χ4n) is 3.04. The first-order valence-corrected chi connectivity index (χ1v) is 7.14. The van der Waals surface area contributed by atoms with Crippen molar-refractivity contribution >= 4 is 10.9 Å². The van der Waals surface area contributed by atoms with Gasteiger partial charge in [-0.2, -0.15) is 0 Å². The number of benzene rings is 1. The number of rotatable bonds is 2. The zero-order valence-electron chi connectivity index (χ0n) is 12.2. The van der Waals surface area contributed by atoms with Crippen LogP contribution >= 0.6 is 0 Å². The molecule has 0 unspecified atom stereocenters. The standard InChI is InChI=1S/C16H23N3/c1-12-4-5-14-15(11-19-8-6-17-7-9-19)13(2)18(3)16(14)10-12/h4-5,10,17H,6-9,11H2,1-3H3. The van der Waals surface area contributed by atoms with Gasteiger partial charge in [-0.05, 0) is 31.0 Å². The van der Waals surface area contributed by atoms with Gasteiger partial charge in [-0.1, -0.05) is 12.1 Å². The molecule has 1 aromatic heterocycles. The van der Waals surface area contributed by atoms with Crippen molar-refractivity contribution in [3.05, 3.63) is 35.0 Å². The fraction of sp³-hybridized carbons (Fsp3) is 0.500. The Labute approximate surface area is 115 Å². The molecule has 0 bridgehead atoms. The number of nitrogens with one attached hydrogen (secondary N) is 1. The van der Waals surface area contributed by atoms with Crippen LogP contribution in [-0.4, -0.2) is 35.6 Å². The van der Waals surface area contributed by atoms with Crippen molar-refractivity contribution < 1.29 is 0 Å². The zero-order chi connectivity index (χ0) is 13.4. The summed E-state index contributed by atoms with van der Waals surface area (Å²) in [5, 5.41) is 4.84. The van der Waals surface area contributed by atoms with E-state index in [1.54, 1.807) is 0 Å². The van der Waals surface area contributed by atoms with Crippen LogP contribution in [0, 0.1) is 13.8 Å². The SMILES string of the molecule is Cc1ccc2c(CN3CCNCC3)c(C)n(C)c2c1. The van der Waals surface area contributed by atoms with Gasteiger partial charge in [0.2, 0.25) is 0 Å². The van der Waals surface area contributed by atoms with Gasteiger partial charge in [0, 0.05) is 56.4 Å². The molecule has 0 amide bonds. The quantitative estimate of drug-likeness (QED) is 0.890. The first-order valence-electron chi connectivity index (χ1n) is 7.14.